The van der Waals surface area contributed by atoms with Crippen molar-refractivity contribution in [2.75, 3.05) is 0 Å². The number of fused-ring (bicyclic) bond motifs is 1. The van der Waals surface area contributed by atoms with E-state index < -0.39 is 0 Å². The molecule has 30 heavy (non-hydrogen) atoms. The molecule has 3 aliphatic carbocycles. The van der Waals surface area contributed by atoms with Crippen molar-refractivity contribution in [1.29, 1.82) is 5.26 Å². The molecule has 0 spiro atoms. The van der Waals surface area contributed by atoms with Crippen molar-refractivity contribution in [2.45, 2.75) is 142 Å². The minimum Gasteiger partial charge on any atom is -0.198 e. The number of unbranched alkanes of at least 4 members (excludes halogenated alkanes) is 6. The molecule has 3 saturated carbocycles. The van der Waals surface area contributed by atoms with Crippen molar-refractivity contribution >= 4 is 0 Å². The van der Waals surface area contributed by atoms with Gasteiger partial charge in [0.25, 0.3) is 0 Å². The second kappa shape index (κ2) is 12.5. The van der Waals surface area contributed by atoms with Crippen LogP contribution in [0, 0.1) is 46.3 Å². The van der Waals surface area contributed by atoms with E-state index >= 15 is 0 Å². The maximum atomic E-state index is 10.2. The third kappa shape index (κ3) is 6.50. The van der Waals surface area contributed by atoms with Crippen molar-refractivity contribution < 1.29 is 0 Å². The molecule has 0 aromatic rings. The zero-order valence-corrected chi connectivity index (χ0v) is 20.5. The van der Waals surface area contributed by atoms with Crippen molar-refractivity contribution in [3.8, 4) is 6.07 Å². The van der Waals surface area contributed by atoms with Gasteiger partial charge in [-0.1, -0.05) is 97.3 Å². The minimum atomic E-state index is 0.0562. The first-order chi connectivity index (χ1) is 14.7. The molecule has 3 aliphatic rings. The van der Waals surface area contributed by atoms with Gasteiger partial charge in [0.05, 0.1) is 11.5 Å². The van der Waals surface area contributed by atoms with Gasteiger partial charge in [0.15, 0.2) is 0 Å². The summed E-state index contributed by atoms with van der Waals surface area (Å²) >= 11 is 0. The largest absolute Gasteiger partial charge is 0.198 e. The lowest BCUT2D eigenvalue weighted by Gasteiger charge is -2.50. The maximum absolute atomic E-state index is 10.2. The summed E-state index contributed by atoms with van der Waals surface area (Å²) < 4.78 is 0. The lowest BCUT2D eigenvalue weighted by molar-refractivity contribution is 0.0146. The van der Waals surface area contributed by atoms with Crippen LogP contribution in [0.1, 0.15) is 142 Å². The average molecular weight is 414 g/mol. The van der Waals surface area contributed by atoms with Crippen LogP contribution in [0.2, 0.25) is 0 Å². The summed E-state index contributed by atoms with van der Waals surface area (Å²) in [7, 11) is 0. The first-order valence-corrected chi connectivity index (χ1v) is 14.1. The van der Waals surface area contributed by atoms with E-state index in [1.165, 1.54) is 128 Å². The van der Waals surface area contributed by atoms with Crippen LogP contribution in [0.25, 0.3) is 0 Å². The van der Waals surface area contributed by atoms with Gasteiger partial charge >= 0.3 is 0 Å². The van der Waals surface area contributed by atoms with E-state index in [2.05, 4.69) is 19.9 Å². The van der Waals surface area contributed by atoms with E-state index in [1.807, 2.05) is 0 Å². The maximum Gasteiger partial charge on any atom is 0.0692 e. The first kappa shape index (κ1) is 24.1. The second-order valence-electron chi connectivity index (χ2n) is 11.6. The molecule has 0 N–H and O–H groups in total. The highest BCUT2D eigenvalue weighted by Gasteiger charge is 2.48. The topological polar surface area (TPSA) is 23.8 Å². The molecule has 4 atom stereocenters. The number of rotatable bonds is 11. The lowest BCUT2D eigenvalue weighted by Crippen LogP contribution is -2.42. The smallest absolute Gasteiger partial charge is 0.0692 e. The minimum absolute atomic E-state index is 0.0562. The number of nitriles is 1. The van der Waals surface area contributed by atoms with E-state index in [-0.39, 0.29) is 5.41 Å². The van der Waals surface area contributed by atoms with E-state index in [9.17, 15) is 5.26 Å². The highest BCUT2D eigenvalue weighted by molar-refractivity contribution is 5.09. The van der Waals surface area contributed by atoms with Crippen molar-refractivity contribution in [2.24, 2.45) is 35.0 Å². The molecule has 0 aliphatic heterocycles. The molecular weight excluding hydrogens is 362 g/mol. The van der Waals surface area contributed by atoms with Gasteiger partial charge in [-0.15, -0.1) is 0 Å². The second-order valence-corrected chi connectivity index (χ2v) is 11.6. The summed E-state index contributed by atoms with van der Waals surface area (Å²) in [6.07, 6.45) is 28.1. The zero-order valence-electron chi connectivity index (χ0n) is 20.5. The Balaban J connectivity index is 1.42. The molecule has 0 saturated heterocycles. The molecule has 1 nitrogen and oxygen atoms in total. The molecule has 0 heterocycles. The van der Waals surface area contributed by atoms with Crippen molar-refractivity contribution in [3.63, 3.8) is 0 Å². The summed E-state index contributed by atoms with van der Waals surface area (Å²) in [5.74, 6) is 4.53. The molecule has 3 fully saturated rings. The van der Waals surface area contributed by atoms with Crippen LogP contribution in [-0.4, -0.2) is 0 Å². The summed E-state index contributed by atoms with van der Waals surface area (Å²) in [5, 5.41) is 10.2. The van der Waals surface area contributed by atoms with E-state index in [0.29, 0.717) is 0 Å². The monoisotopic (exact) mass is 413 g/mol. The molecule has 0 radical (unpaired) electrons. The van der Waals surface area contributed by atoms with E-state index in [0.717, 1.165) is 29.6 Å². The van der Waals surface area contributed by atoms with E-state index in [4.69, 9.17) is 0 Å². The molecular formula is C29H51N. The van der Waals surface area contributed by atoms with Crippen LogP contribution in [0.4, 0.5) is 0 Å². The van der Waals surface area contributed by atoms with Crippen molar-refractivity contribution in [1.82, 2.24) is 0 Å². The number of nitrogens with zero attached hydrogens (tertiary/aromatic N) is 1. The van der Waals surface area contributed by atoms with Crippen LogP contribution >= 0.6 is 0 Å². The fraction of sp³-hybridized carbons (Fsp3) is 0.966. The van der Waals surface area contributed by atoms with Crippen LogP contribution in [0.5, 0.6) is 0 Å². The highest BCUT2D eigenvalue weighted by Crippen LogP contribution is 2.56. The fourth-order valence-electron chi connectivity index (χ4n) is 7.61. The Hall–Kier alpha value is -0.510. The Morgan fingerprint density at radius 1 is 0.700 bits per heavy atom. The predicted octanol–water partition coefficient (Wildman–Crippen LogP) is 9.46. The Kier molecular flexibility index (Phi) is 10.1. The summed E-state index contributed by atoms with van der Waals surface area (Å²) in [6, 6.07) is 2.91. The van der Waals surface area contributed by atoms with Gasteiger partial charge in [0.1, 0.15) is 0 Å². The normalized spacial score (nSPS) is 36.8. The van der Waals surface area contributed by atoms with Gasteiger partial charge in [-0.05, 0) is 74.5 Å². The quantitative estimate of drug-likeness (QED) is 0.309. The van der Waals surface area contributed by atoms with Crippen LogP contribution in [-0.2, 0) is 0 Å². The third-order valence-corrected chi connectivity index (χ3v) is 9.62. The van der Waals surface area contributed by atoms with Gasteiger partial charge in [-0.3, -0.25) is 0 Å². The molecule has 4 unspecified atom stereocenters. The van der Waals surface area contributed by atoms with E-state index in [1.54, 1.807) is 0 Å². The van der Waals surface area contributed by atoms with Crippen LogP contribution < -0.4 is 0 Å². The van der Waals surface area contributed by atoms with Gasteiger partial charge in [0, 0.05) is 0 Å². The Labute approximate surface area is 188 Å². The molecule has 0 aromatic carbocycles. The first-order valence-electron chi connectivity index (χ1n) is 14.1. The third-order valence-electron chi connectivity index (χ3n) is 9.62. The van der Waals surface area contributed by atoms with Gasteiger partial charge < -0.3 is 0 Å². The molecule has 172 valence electrons. The Morgan fingerprint density at radius 2 is 1.33 bits per heavy atom. The van der Waals surface area contributed by atoms with Crippen LogP contribution in [0.15, 0.2) is 0 Å². The highest BCUT2D eigenvalue weighted by atomic mass is 14.5. The zero-order chi connectivity index (χ0) is 21.2. The summed E-state index contributed by atoms with van der Waals surface area (Å²) in [6.45, 7) is 4.62. The molecule has 0 amide bonds. The summed E-state index contributed by atoms with van der Waals surface area (Å²) in [5.41, 5.74) is 0.0562. The van der Waals surface area contributed by atoms with Crippen molar-refractivity contribution in [3.05, 3.63) is 0 Å². The van der Waals surface area contributed by atoms with Gasteiger partial charge in [-0.25, -0.2) is 0 Å². The predicted molar refractivity (Wildman–Crippen MR) is 129 cm³/mol. The molecule has 1 heteroatoms. The van der Waals surface area contributed by atoms with Gasteiger partial charge in [0.2, 0.25) is 0 Å². The number of hydrogen-bond donors (Lipinski definition) is 0. The average Bonchev–Trinajstić information content (AvgIpc) is 2.79. The number of hydrogen-bond acceptors (Lipinski definition) is 1. The molecule has 0 bridgehead atoms. The van der Waals surface area contributed by atoms with Crippen LogP contribution in [0.3, 0.4) is 0 Å². The summed E-state index contributed by atoms with van der Waals surface area (Å²) in [4.78, 5) is 0. The Bertz CT molecular complexity index is 511. The fourth-order valence-corrected chi connectivity index (χ4v) is 7.61. The standard InChI is InChI=1S/C29H51N/c1-3-5-7-9-11-24-13-16-26(17-14-24)27-19-20-29(23-30)22-25(12-10-8-6-4-2)15-18-28(29)21-27/h24-28H,3-22H2,1-2H3. The lowest BCUT2D eigenvalue weighted by atomic mass is 9.53. The Morgan fingerprint density at radius 3 is 1.97 bits per heavy atom. The van der Waals surface area contributed by atoms with Gasteiger partial charge in [-0.2, -0.15) is 5.26 Å². The molecule has 0 aromatic heterocycles. The molecule has 3 rings (SSSR count). The SMILES string of the molecule is CCCCCCC1CCC(C2CCC3(C#N)CC(CCCCCC)CCC3C2)CC1.